The number of fused-ring (bicyclic) bond motifs is 1. The number of nitrogens with one attached hydrogen (secondary N) is 1. The molecular formula is C26H34N2O2. The predicted octanol–water partition coefficient (Wildman–Crippen LogP) is 5.10. The third-order valence-electron chi connectivity index (χ3n) is 6.29. The van der Waals surface area contributed by atoms with Crippen LogP contribution in [-0.4, -0.2) is 40.6 Å². The number of carbonyl (C=O) groups is 1. The minimum Gasteiger partial charge on any atom is -0.389 e. The number of nitrogens with zero attached hydrogens (tertiary/aromatic N) is 1. The number of aliphatic hydroxyl groups excluding tert-OH is 1. The fraction of sp³-hybridized carbons (Fsp3) is 0.423. The molecule has 2 N–H and O–H groups in total. The molecule has 1 aliphatic carbocycles. The molecule has 4 heteroatoms. The maximum Gasteiger partial charge on any atom is 0.209 e. The van der Waals surface area contributed by atoms with Crippen molar-refractivity contribution < 1.29 is 9.90 Å². The van der Waals surface area contributed by atoms with Gasteiger partial charge in [0.1, 0.15) is 0 Å². The van der Waals surface area contributed by atoms with Crippen molar-refractivity contribution in [1.29, 1.82) is 0 Å². The molecule has 30 heavy (non-hydrogen) atoms. The summed E-state index contributed by atoms with van der Waals surface area (Å²) < 4.78 is 0. The van der Waals surface area contributed by atoms with Crippen LogP contribution in [0.25, 0.3) is 10.9 Å². The molecule has 2 heterocycles. The summed E-state index contributed by atoms with van der Waals surface area (Å²) in [5, 5.41) is 9.95. The third kappa shape index (κ3) is 4.15. The molecule has 1 aliphatic heterocycles. The third-order valence-corrected chi connectivity index (χ3v) is 6.29. The molecule has 2 aromatic carbocycles. The van der Waals surface area contributed by atoms with Crippen molar-refractivity contribution in [3.63, 3.8) is 0 Å². The van der Waals surface area contributed by atoms with Gasteiger partial charge < -0.3 is 15.0 Å². The molecule has 0 spiro atoms. The number of H-pyrrole nitrogens is 1. The van der Waals surface area contributed by atoms with Crippen LogP contribution >= 0.6 is 0 Å². The molecule has 1 saturated heterocycles. The van der Waals surface area contributed by atoms with E-state index in [1.807, 2.05) is 13.8 Å². The highest BCUT2D eigenvalue weighted by molar-refractivity contribution is 5.87. The van der Waals surface area contributed by atoms with Gasteiger partial charge in [0, 0.05) is 35.6 Å². The van der Waals surface area contributed by atoms with E-state index in [1.165, 1.54) is 57.3 Å². The minimum atomic E-state index is -0.259. The van der Waals surface area contributed by atoms with Gasteiger partial charge in [-0.25, -0.2) is 0 Å². The van der Waals surface area contributed by atoms with Gasteiger partial charge in [-0.3, -0.25) is 4.79 Å². The Hall–Kier alpha value is -2.59. The van der Waals surface area contributed by atoms with Crippen LogP contribution in [0.4, 0.5) is 0 Å². The van der Waals surface area contributed by atoms with Gasteiger partial charge in [-0.05, 0) is 43.4 Å². The minimum absolute atomic E-state index is 0.222. The van der Waals surface area contributed by atoms with E-state index < -0.39 is 0 Å². The second kappa shape index (κ2) is 9.48. The van der Waals surface area contributed by atoms with Crippen molar-refractivity contribution in [3.05, 3.63) is 70.9 Å². The summed E-state index contributed by atoms with van der Waals surface area (Å²) in [4.78, 5) is 14.8. The lowest BCUT2D eigenvalue weighted by Crippen LogP contribution is -2.49. The molecular weight excluding hydrogens is 372 g/mol. The number of hydrogen-bond donors (Lipinski definition) is 2. The van der Waals surface area contributed by atoms with E-state index >= 15 is 0 Å². The highest BCUT2D eigenvalue weighted by Gasteiger charge is 2.41. The molecule has 1 amide bonds. The Morgan fingerprint density at radius 3 is 2.23 bits per heavy atom. The fourth-order valence-corrected chi connectivity index (χ4v) is 4.39. The van der Waals surface area contributed by atoms with Crippen molar-refractivity contribution in [2.24, 2.45) is 0 Å². The standard InChI is InChI=1S/C20H21N.C4H7NO2.C2H6/c1-14-7-9-16(10-8-14)20(11-4-12-20)18-13-21-19-15(2)5-3-6-17(18)19;6-3-5-1-4(7)2-5;1-2/h3,5-10,13,21H,4,11-12H2,1-2H3;3-4,7H,1-2H2;1-2H3. The van der Waals surface area contributed by atoms with Crippen LogP contribution in [0.5, 0.6) is 0 Å². The van der Waals surface area contributed by atoms with Crippen LogP contribution in [-0.2, 0) is 10.2 Å². The Morgan fingerprint density at radius 2 is 1.73 bits per heavy atom. The van der Waals surface area contributed by atoms with Crippen LogP contribution in [0, 0.1) is 13.8 Å². The number of aliphatic hydroxyl groups is 1. The molecule has 2 aliphatic rings. The number of carbonyl (C=O) groups excluding carboxylic acids is 1. The quantitative estimate of drug-likeness (QED) is 0.595. The zero-order valence-corrected chi connectivity index (χ0v) is 18.6. The lowest BCUT2D eigenvalue weighted by Gasteiger charge is -2.42. The number of β-amino-alcohol motifs (C(OH)–C–C–N with tert-alkyl or cyclic N) is 1. The van der Waals surface area contributed by atoms with Crippen molar-refractivity contribution in [2.75, 3.05) is 13.1 Å². The Balaban J connectivity index is 0.000000241. The topological polar surface area (TPSA) is 56.3 Å². The number of para-hydroxylation sites is 1. The first-order chi connectivity index (χ1) is 14.5. The molecule has 1 aromatic heterocycles. The van der Waals surface area contributed by atoms with Gasteiger partial charge in [0.15, 0.2) is 0 Å². The van der Waals surface area contributed by atoms with Gasteiger partial charge >= 0.3 is 0 Å². The van der Waals surface area contributed by atoms with Gasteiger partial charge in [0.2, 0.25) is 6.41 Å². The predicted molar refractivity (Wildman–Crippen MR) is 124 cm³/mol. The lowest BCUT2D eigenvalue weighted by molar-refractivity contribution is -0.127. The molecule has 3 aromatic rings. The monoisotopic (exact) mass is 406 g/mol. The Labute approximate surface area is 179 Å². The second-order valence-corrected chi connectivity index (χ2v) is 8.21. The first-order valence-electron chi connectivity index (χ1n) is 11.1. The first kappa shape index (κ1) is 22.1. The van der Waals surface area contributed by atoms with E-state index in [-0.39, 0.29) is 11.5 Å². The van der Waals surface area contributed by atoms with Crippen LogP contribution < -0.4 is 0 Å². The number of likely N-dealkylation sites (tertiary alicyclic amines) is 1. The summed E-state index contributed by atoms with van der Waals surface area (Å²) in [6.45, 7) is 9.38. The summed E-state index contributed by atoms with van der Waals surface area (Å²) in [6, 6.07) is 15.8. The number of amides is 1. The number of aromatic amines is 1. The molecule has 0 atom stereocenters. The van der Waals surface area contributed by atoms with E-state index in [9.17, 15) is 4.79 Å². The maximum atomic E-state index is 9.75. The van der Waals surface area contributed by atoms with Gasteiger partial charge in [0.25, 0.3) is 0 Å². The molecule has 0 bridgehead atoms. The zero-order valence-electron chi connectivity index (χ0n) is 18.6. The van der Waals surface area contributed by atoms with E-state index in [0.717, 1.165) is 6.41 Å². The van der Waals surface area contributed by atoms with Crippen molar-refractivity contribution in [2.45, 2.75) is 58.5 Å². The highest BCUT2D eigenvalue weighted by Crippen LogP contribution is 2.51. The smallest absolute Gasteiger partial charge is 0.209 e. The summed E-state index contributed by atoms with van der Waals surface area (Å²) in [5.41, 5.74) is 7.14. The van der Waals surface area contributed by atoms with Crippen molar-refractivity contribution in [3.8, 4) is 0 Å². The average molecular weight is 407 g/mol. The maximum absolute atomic E-state index is 9.75. The van der Waals surface area contributed by atoms with E-state index in [0.29, 0.717) is 13.1 Å². The largest absolute Gasteiger partial charge is 0.389 e. The number of aromatic nitrogens is 1. The van der Waals surface area contributed by atoms with E-state index in [1.54, 1.807) is 0 Å². The summed E-state index contributed by atoms with van der Waals surface area (Å²) in [7, 11) is 0. The van der Waals surface area contributed by atoms with Crippen LogP contribution in [0.2, 0.25) is 0 Å². The number of benzene rings is 2. The second-order valence-electron chi connectivity index (χ2n) is 8.21. The Kier molecular flexibility index (Phi) is 6.99. The van der Waals surface area contributed by atoms with Gasteiger partial charge in [0.05, 0.1) is 6.10 Å². The normalized spacial score (nSPS) is 17.0. The SMILES string of the molecule is CC.Cc1ccc(C2(c3c[nH]c4c(C)cccc34)CCC2)cc1.O=CN1CC(O)C1. The Bertz CT molecular complexity index is 964. The lowest BCUT2D eigenvalue weighted by atomic mass is 9.60. The molecule has 160 valence electrons. The van der Waals surface area contributed by atoms with E-state index in [2.05, 4.69) is 67.5 Å². The van der Waals surface area contributed by atoms with E-state index in [4.69, 9.17) is 5.11 Å². The highest BCUT2D eigenvalue weighted by atomic mass is 16.3. The molecule has 5 rings (SSSR count). The number of hydrogen-bond acceptors (Lipinski definition) is 2. The van der Waals surface area contributed by atoms with Gasteiger partial charge in [-0.2, -0.15) is 0 Å². The fourth-order valence-electron chi connectivity index (χ4n) is 4.39. The van der Waals surface area contributed by atoms with Crippen molar-refractivity contribution >= 4 is 17.3 Å². The number of aryl methyl sites for hydroxylation is 2. The Morgan fingerprint density at radius 1 is 1.07 bits per heavy atom. The average Bonchev–Trinajstić information content (AvgIpc) is 3.14. The molecule has 4 nitrogen and oxygen atoms in total. The van der Waals surface area contributed by atoms with Crippen LogP contribution in [0.3, 0.4) is 0 Å². The summed E-state index contributed by atoms with van der Waals surface area (Å²) in [5.74, 6) is 0. The van der Waals surface area contributed by atoms with Gasteiger partial charge in [-0.1, -0.05) is 68.3 Å². The summed E-state index contributed by atoms with van der Waals surface area (Å²) >= 11 is 0. The molecule has 0 radical (unpaired) electrons. The molecule has 2 fully saturated rings. The van der Waals surface area contributed by atoms with Crippen LogP contribution in [0.1, 0.15) is 55.4 Å². The molecule has 1 saturated carbocycles. The molecule has 0 unspecified atom stereocenters. The van der Waals surface area contributed by atoms with Crippen LogP contribution in [0.15, 0.2) is 48.7 Å². The first-order valence-corrected chi connectivity index (χ1v) is 11.1. The summed E-state index contributed by atoms with van der Waals surface area (Å²) in [6.07, 6.45) is 6.58. The van der Waals surface area contributed by atoms with Crippen molar-refractivity contribution in [1.82, 2.24) is 9.88 Å². The van der Waals surface area contributed by atoms with Gasteiger partial charge in [-0.15, -0.1) is 0 Å². The number of rotatable bonds is 3. The zero-order chi connectivity index (χ0) is 21.7.